The molecule has 3 nitrogen and oxygen atoms in total. The molecule has 2 fully saturated rings. The Balaban J connectivity index is 1.52. The Morgan fingerprint density at radius 1 is 1.16 bits per heavy atom. The van der Waals surface area contributed by atoms with E-state index in [1.54, 1.807) is 0 Å². The quantitative estimate of drug-likeness (QED) is 0.760. The Morgan fingerprint density at radius 3 is 2.47 bits per heavy atom. The summed E-state index contributed by atoms with van der Waals surface area (Å²) in [5.41, 5.74) is 0.785. The van der Waals surface area contributed by atoms with Crippen molar-refractivity contribution in [3.8, 4) is 0 Å². The fourth-order valence-corrected chi connectivity index (χ4v) is 2.90. The zero-order chi connectivity index (χ0) is 13.1. The van der Waals surface area contributed by atoms with Gasteiger partial charge in [0.1, 0.15) is 6.61 Å². The Hall–Kier alpha value is -1.35. The van der Waals surface area contributed by atoms with Gasteiger partial charge in [-0.25, -0.2) is 0 Å². The molecule has 1 saturated carbocycles. The summed E-state index contributed by atoms with van der Waals surface area (Å²) in [7, 11) is 0. The van der Waals surface area contributed by atoms with Gasteiger partial charge in [0.05, 0.1) is 5.41 Å². The van der Waals surface area contributed by atoms with Crippen molar-refractivity contribution in [2.45, 2.75) is 31.1 Å². The maximum absolute atomic E-state index is 12.3. The van der Waals surface area contributed by atoms with Gasteiger partial charge in [-0.05, 0) is 44.3 Å². The SMILES string of the molecule is O=C(OCCN1CCCC1)C1(c2ccccc2)CC1. The number of carbonyl (C=O) groups is 1. The van der Waals surface area contributed by atoms with Crippen LogP contribution in [0.15, 0.2) is 30.3 Å². The summed E-state index contributed by atoms with van der Waals surface area (Å²) in [5.74, 6) is -0.0297. The summed E-state index contributed by atoms with van der Waals surface area (Å²) in [5, 5.41) is 0. The number of carbonyl (C=O) groups excluding carboxylic acids is 1. The van der Waals surface area contributed by atoms with Gasteiger partial charge < -0.3 is 4.74 Å². The van der Waals surface area contributed by atoms with Crippen molar-refractivity contribution in [2.24, 2.45) is 0 Å². The zero-order valence-corrected chi connectivity index (χ0v) is 11.3. The third kappa shape index (κ3) is 2.66. The fourth-order valence-electron chi connectivity index (χ4n) is 2.90. The van der Waals surface area contributed by atoms with Crippen LogP contribution in [0.1, 0.15) is 31.2 Å². The average Bonchev–Trinajstić information content (AvgIpc) is 3.11. The first-order chi connectivity index (χ1) is 9.31. The normalized spacial score (nSPS) is 21.3. The predicted octanol–water partition coefficient (Wildman–Crippen LogP) is 2.36. The highest BCUT2D eigenvalue weighted by atomic mass is 16.5. The van der Waals surface area contributed by atoms with Crippen LogP contribution in [0.2, 0.25) is 0 Å². The van der Waals surface area contributed by atoms with E-state index in [0.717, 1.165) is 38.0 Å². The fraction of sp³-hybridized carbons (Fsp3) is 0.562. The Labute approximate surface area is 114 Å². The molecule has 0 radical (unpaired) electrons. The number of hydrogen-bond donors (Lipinski definition) is 0. The van der Waals surface area contributed by atoms with Gasteiger partial charge in [0.25, 0.3) is 0 Å². The number of rotatable bonds is 5. The highest BCUT2D eigenvalue weighted by molar-refractivity contribution is 5.86. The third-order valence-electron chi connectivity index (χ3n) is 4.31. The molecule has 1 aliphatic heterocycles. The molecule has 1 saturated heterocycles. The van der Waals surface area contributed by atoms with Crippen molar-refractivity contribution in [3.05, 3.63) is 35.9 Å². The van der Waals surface area contributed by atoms with E-state index < -0.39 is 0 Å². The molecule has 102 valence electrons. The van der Waals surface area contributed by atoms with Gasteiger partial charge in [-0.15, -0.1) is 0 Å². The van der Waals surface area contributed by atoms with Gasteiger partial charge in [0.15, 0.2) is 0 Å². The van der Waals surface area contributed by atoms with Crippen molar-refractivity contribution < 1.29 is 9.53 Å². The number of esters is 1. The van der Waals surface area contributed by atoms with Crippen LogP contribution in [0.25, 0.3) is 0 Å². The highest BCUT2D eigenvalue weighted by Crippen LogP contribution is 2.49. The second-order valence-electron chi connectivity index (χ2n) is 5.63. The lowest BCUT2D eigenvalue weighted by Crippen LogP contribution is -2.29. The van der Waals surface area contributed by atoms with Gasteiger partial charge in [0.2, 0.25) is 0 Å². The van der Waals surface area contributed by atoms with Gasteiger partial charge in [-0.3, -0.25) is 9.69 Å². The minimum absolute atomic E-state index is 0.0297. The van der Waals surface area contributed by atoms with Crippen LogP contribution in [0.3, 0.4) is 0 Å². The molecule has 1 aliphatic carbocycles. The summed E-state index contributed by atoms with van der Waals surface area (Å²) >= 11 is 0. The Bertz CT molecular complexity index is 433. The van der Waals surface area contributed by atoms with Crippen molar-refractivity contribution in [2.75, 3.05) is 26.2 Å². The molecular formula is C16H21NO2. The predicted molar refractivity (Wildman–Crippen MR) is 74.0 cm³/mol. The summed E-state index contributed by atoms with van der Waals surface area (Å²) in [6.45, 7) is 3.73. The van der Waals surface area contributed by atoms with E-state index in [-0.39, 0.29) is 11.4 Å². The van der Waals surface area contributed by atoms with Gasteiger partial charge in [-0.2, -0.15) is 0 Å². The van der Waals surface area contributed by atoms with E-state index in [0.29, 0.717) is 6.61 Å². The maximum atomic E-state index is 12.3. The van der Waals surface area contributed by atoms with E-state index in [1.165, 1.54) is 12.8 Å². The summed E-state index contributed by atoms with van der Waals surface area (Å²) in [6, 6.07) is 10.0. The van der Waals surface area contributed by atoms with E-state index in [9.17, 15) is 4.79 Å². The lowest BCUT2D eigenvalue weighted by atomic mass is 9.96. The second kappa shape index (κ2) is 5.33. The van der Waals surface area contributed by atoms with Crippen LogP contribution in [-0.4, -0.2) is 37.1 Å². The summed E-state index contributed by atoms with van der Waals surface area (Å²) in [6.07, 6.45) is 4.42. The molecule has 2 aliphatic rings. The molecule has 0 unspecified atom stereocenters. The average molecular weight is 259 g/mol. The van der Waals surface area contributed by atoms with Gasteiger partial charge >= 0.3 is 5.97 Å². The van der Waals surface area contributed by atoms with Crippen molar-refractivity contribution in [3.63, 3.8) is 0 Å². The molecular weight excluding hydrogens is 238 g/mol. The minimum atomic E-state index is -0.327. The standard InChI is InChI=1S/C16H21NO2/c18-15(19-13-12-17-10-4-5-11-17)16(8-9-16)14-6-2-1-3-7-14/h1-3,6-7H,4-5,8-13H2. The van der Waals surface area contributed by atoms with Crippen molar-refractivity contribution >= 4 is 5.97 Å². The van der Waals surface area contributed by atoms with Crippen molar-refractivity contribution in [1.82, 2.24) is 4.90 Å². The largest absolute Gasteiger partial charge is 0.464 e. The molecule has 0 amide bonds. The van der Waals surface area contributed by atoms with Crippen LogP contribution in [-0.2, 0) is 14.9 Å². The van der Waals surface area contributed by atoms with E-state index in [4.69, 9.17) is 4.74 Å². The molecule has 0 spiro atoms. The van der Waals surface area contributed by atoms with Crippen LogP contribution >= 0.6 is 0 Å². The number of benzene rings is 1. The number of nitrogens with zero attached hydrogens (tertiary/aromatic N) is 1. The smallest absolute Gasteiger partial charge is 0.316 e. The molecule has 0 N–H and O–H groups in total. The van der Waals surface area contributed by atoms with Crippen LogP contribution in [0, 0.1) is 0 Å². The maximum Gasteiger partial charge on any atom is 0.316 e. The monoisotopic (exact) mass is 259 g/mol. The molecule has 1 aromatic rings. The van der Waals surface area contributed by atoms with Gasteiger partial charge in [-0.1, -0.05) is 30.3 Å². The first-order valence-corrected chi connectivity index (χ1v) is 7.26. The van der Waals surface area contributed by atoms with Crippen molar-refractivity contribution in [1.29, 1.82) is 0 Å². The van der Waals surface area contributed by atoms with Crippen LogP contribution < -0.4 is 0 Å². The van der Waals surface area contributed by atoms with E-state index >= 15 is 0 Å². The summed E-state index contributed by atoms with van der Waals surface area (Å²) in [4.78, 5) is 14.6. The number of ether oxygens (including phenoxy) is 1. The Kier molecular flexibility index (Phi) is 3.56. The molecule has 3 heteroatoms. The third-order valence-corrected chi connectivity index (χ3v) is 4.31. The topological polar surface area (TPSA) is 29.5 Å². The number of likely N-dealkylation sites (tertiary alicyclic amines) is 1. The van der Waals surface area contributed by atoms with Crippen LogP contribution in [0.4, 0.5) is 0 Å². The molecule has 1 aromatic carbocycles. The molecule has 0 aromatic heterocycles. The zero-order valence-electron chi connectivity index (χ0n) is 11.3. The van der Waals surface area contributed by atoms with Gasteiger partial charge in [0, 0.05) is 6.54 Å². The first-order valence-electron chi connectivity index (χ1n) is 7.26. The second-order valence-corrected chi connectivity index (χ2v) is 5.63. The molecule has 0 atom stereocenters. The molecule has 19 heavy (non-hydrogen) atoms. The minimum Gasteiger partial charge on any atom is -0.464 e. The lowest BCUT2D eigenvalue weighted by molar-refractivity contribution is -0.147. The molecule has 0 bridgehead atoms. The summed E-state index contributed by atoms with van der Waals surface area (Å²) < 4.78 is 5.51. The van der Waals surface area contributed by atoms with Crippen LogP contribution in [0.5, 0.6) is 0 Å². The molecule has 3 rings (SSSR count). The highest BCUT2D eigenvalue weighted by Gasteiger charge is 2.52. The Morgan fingerprint density at radius 2 is 1.84 bits per heavy atom. The molecule has 1 heterocycles. The number of hydrogen-bond acceptors (Lipinski definition) is 3. The lowest BCUT2D eigenvalue weighted by Gasteiger charge is -2.17. The van der Waals surface area contributed by atoms with E-state index in [1.807, 2.05) is 30.3 Å². The van der Waals surface area contributed by atoms with E-state index in [2.05, 4.69) is 4.90 Å². The first kappa shape index (κ1) is 12.7.